The van der Waals surface area contributed by atoms with Crippen LogP contribution in [0.1, 0.15) is 35.5 Å². The summed E-state index contributed by atoms with van der Waals surface area (Å²) in [5.74, 6) is -0.856. The number of urea groups is 1. The molecule has 1 aliphatic rings. The minimum Gasteiger partial charge on any atom is -0.361 e. The maximum atomic E-state index is 13.4. The van der Waals surface area contributed by atoms with Gasteiger partial charge in [-0.3, -0.25) is 9.59 Å². The van der Waals surface area contributed by atoms with E-state index in [4.69, 9.17) is 0 Å². The fourth-order valence-corrected chi connectivity index (χ4v) is 4.87. The molecule has 1 aromatic heterocycles. The van der Waals surface area contributed by atoms with E-state index in [1.165, 1.54) is 18.2 Å². The van der Waals surface area contributed by atoms with Gasteiger partial charge in [0, 0.05) is 53.3 Å². The summed E-state index contributed by atoms with van der Waals surface area (Å²) in [4.78, 5) is 43.1. The Morgan fingerprint density at radius 2 is 1.59 bits per heavy atom. The normalized spacial score (nSPS) is 13.0. The highest BCUT2D eigenvalue weighted by atomic mass is 19.1. The highest BCUT2D eigenvalue weighted by Crippen LogP contribution is 2.36. The molecule has 10 nitrogen and oxygen atoms in total. The number of hydrogen-bond acceptors (Lipinski definition) is 5. The number of nitrogens with one attached hydrogen (secondary N) is 6. The van der Waals surface area contributed by atoms with Crippen LogP contribution in [0.3, 0.4) is 0 Å². The summed E-state index contributed by atoms with van der Waals surface area (Å²) < 4.78 is 13.4. The standard InChI is InChI=1S/C33H34FN7O3/c1-3-41(4-2)14-13-35-31(42)21-15-27(36-20-21)18-29-28-12-11-26(19-30(28)40-32(29)43)37-24-9-6-10-25(17-24)39-33(44)38-23-8-5-7-22(34)16-23/h5-12,15-20,36-37H,3-4,13-14H2,1-2H3,(H,35,42)(H,40,43)(H2,38,39,44)/b29-18-. The van der Waals surface area contributed by atoms with Crippen molar-refractivity contribution in [1.82, 2.24) is 15.2 Å². The molecule has 5 rings (SSSR count). The predicted octanol–water partition coefficient (Wildman–Crippen LogP) is 6.11. The van der Waals surface area contributed by atoms with Crippen LogP contribution in [0, 0.1) is 5.82 Å². The average Bonchev–Trinajstić information content (AvgIpc) is 3.59. The van der Waals surface area contributed by atoms with Crippen LogP contribution in [0.2, 0.25) is 0 Å². The molecule has 0 atom stereocenters. The van der Waals surface area contributed by atoms with Gasteiger partial charge in [0.05, 0.1) is 16.8 Å². The second kappa shape index (κ2) is 13.7. The molecule has 0 spiro atoms. The molecule has 0 unspecified atom stereocenters. The first-order chi connectivity index (χ1) is 21.3. The first-order valence-corrected chi connectivity index (χ1v) is 14.4. The van der Waals surface area contributed by atoms with Crippen LogP contribution in [0.25, 0.3) is 11.6 Å². The van der Waals surface area contributed by atoms with E-state index in [1.807, 2.05) is 24.3 Å². The van der Waals surface area contributed by atoms with Crippen LogP contribution >= 0.6 is 0 Å². The van der Waals surface area contributed by atoms with Gasteiger partial charge >= 0.3 is 6.03 Å². The van der Waals surface area contributed by atoms with E-state index in [9.17, 15) is 18.8 Å². The summed E-state index contributed by atoms with van der Waals surface area (Å²) in [7, 11) is 0. The molecule has 0 radical (unpaired) electrons. The number of fused-ring (bicyclic) bond motifs is 1. The third-order valence-electron chi connectivity index (χ3n) is 7.17. The fraction of sp³-hybridized carbons (Fsp3) is 0.182. The molecule has 226 valence electrons. The Kier molecular flexibility index (Phi) is 9.36. The van der Waals surface area contributed by atoms with Gasteiger partial charge in [0.2, 0.25) is 0 Å². The number of halogens is 1. The monoisotopic (exact) mass is 595 g/mol. The highest BCUT2D eigenvalue weighted by Gasteiger charge is 2.24. The molecule has 0 bridgehead atoms. The zero-order valence-electron chi connectivity index (χ0n) is 24.5. The van der Waals surface area contributed by atoms with E-state index in [0.29, 0.717) is 46.1 Å². The lowest BCUT2D eigenvalue weighted by atomic mass is 10.1. The molecule has 0 fully saturated rings. The summed E-state index contributed by atoms with van der Waals surface area (Å²) >= 11 is 0. The summed E-state index contributed by atoms with van der Waals surface area (Å²) in [5.41, 5.74) is 5.33. The number of benzene rings is 3. The lowest BCUT2D eigenvalue weighted by Crippen LogP contribution is -2.34. The molecule has 0 saturated heterocycles. The molecule has 1 aliphatic heterocycles. The number of nitrogens with zero attached hydrogens (tertiary/aromatic N) is 1. The molecule has 4 amide bonds. The molecule has 6 N–H and O–H groups in total. The van der Waals surface area contributed by atoms with Crippen molar-refractivity contribution >= 4 is 57.9 Å². The van der Waals surface area contributed by atoms with Crippen LogP contribution in [0.5, 0.6) is 0 Å². The Bertz CT molecular complexity index is 1710. The van der Waals surface area contributed by atoms with Gasteiger partial charge < -0.3 is 36.5 Å². The smallest absolute Gasteiger partial charge is 0.323 e. The van der Waals surface area contributed by atoms with Crippen molar-refractivity contribution in [2.75, 3.05) is 47.4 Å². The molecule has 11 heteroatoms. The summed E-state index contributed by atoms with van der Waals surface area (Å²) in [6.07, 6.45) is 3.36. The topological polar surface area (TPSA) is 130 Å². The maximum absolute atomic E-state index is 13.4. The van der Waals surface area contributed by atoms with Gasteiger partial charge in [0.25, 0.3) is 11.8 Å². The number of hydrogen-bond donors (Lipinski definition) is 6. The second-order valence-corrected chi connectivity index (χ2v) is 10.2. The largest absolute Gasteiger partial charge is 0.361 e. The van der Waals surface area contributed by atoms with E-state index in [1.54, 1.807) is 42.6 Å². The zero-order valence-corrected chi connectivity index (χ0v) is 24.5. The fourth-order valence-electron chi connectivity index (χ4n) is 4.87. The summed E-state index contributed by atoms with van der Waals surface area (Å²) in [6.45, 7) is 7.38. The second-order valence-electron chi connectivity index (χ2n) is 10.2. The van der Waals surface area contributed by atoms with Crippen LogP contribution in [0.4, 0.5) is 37.6 Å². The molecule has 0 aliphatic carbocycles. The highest BCUT2D eigenvalue weighted by molar-refractivity contribution is 6.35. The Morgan fingerprint density at radius 3 is 2.34 bits per heavy atom. The van der Waals surface area contributed by atoms with Crippen molar-refractivity contribution in [3.63, 3.8) is 0 Å². The van der Waals surface area contributed by atoms with Crippen molar-refractivity contribution in [2.24, 2.45) is 0 Å². The van der Waals surface area contributed by atoms with Crippen molar-refractivity contribution in [1.29, 1.82) is 0 Å². The van der Waals surface area contributed by atoms with Crippen molar-refractivity contribution in [3.05, 3.63) is 102 Å². The number of likely N-dealkylation sites (N-methyl/N-ethyl adjacent to an activating group) is 1. The lowest BCUT2D eigenvalue weighted by molar-refractivity contribution is -0.110. The van der Waals surface area contributed by atoms with Gasteiger partial charge in [-0.25, -0.2) is 9.18 Å². The van der Waals surface area contributed by atoms with Crippen LogP contribution in [-0.2, 0) is 4.79 Å². The summed E-state index contributed by atoms with van der Waals surface area (Å²) in [6, 6.07) is 19.5. The van der Waals surface area contributed by atoms with Gasteiger partial charge in [-0.1, -0.05) is 32.0 Å². The van der Waals surface area contributed by atoms with E-state index < -0.39 is 11.8 Å². The van der Waals surface area contributed by atoms with Crippen molar-refractivity contribution in [2.45, 2.75) is 13.8 Å². The quantitative estimate of drug-likeness (QED) is 0.117. The first-order valence-electron chi connectivity index (χ1n) is 14.4. The third kappa shape index (κ3) is 7.50. The number of anilines is 5. The van der Waals surface area contributed by atoms with E-state index in [2.05, 4.69) is 50.3 Å². The predicted molar refractivity (Wildman–Crippen MR) is 173 cm³/mol. The first kappa shape index (κ1) is 30.1. The minimum absolute atomic E-state index is 0.170. The number of carbonyl (C=O) groups excluding carboxylic acids is 3. The number of H-pyrrole nitrogens is 1. The van der Waals surface area contributed by atoms with Gasteiger partial charge in [-0.05, 0) is 73.8 Å². The minimum atomic E-state index is -0.502. The van der Waals surface area contributed by atoms with E-state index in [0.717, 1.165) is 30.9 Å². The van der Waals surface area contributed by atoms with Gasteiger partial charge in [-0.2, -0.15) is 0 Å². The number of rotatable bonds is 11. The molecule has 0 saturated carbocycles. The third-order valence-corrected chi connectivity index (χ3v) is 7.17. The van der Waals surface area contributed by atoms with Crippen LogP contribution in [0.15, 0.2) is 79.0 Å². The van der Waals surface area contributed by atoms with E-state index in [-0.39, 0.29) is 11.8 Å². The number of carbonyl (C=O) groups is 3. The zero-order chi connectivity index (χ0) is 31.1. The maximum Gasteiger partial charge on any atom is 0.323 e. The Balaban J connectivity index is 1.22. The molecule has 3 aromatic carbocycles. The molecular weight excluding hydrogens is 561 g/mol. The Morgan fingerprint density at radius 1 is 0.886 bits per heavy atom. The van der Waals surface area contributed by atoms with Crippen molar-refractivity contribution in [3.8, 4) is 0 Å². The van der Waals surface area contributed by atoms with Gasteiger partial charge in [0.15, 0.2) is 0 Å². The SMILES string of the molecule is CCN(CC)CCNC(=O)c1c[nH]c(/C=C2\C(=O)Nc3cc(Nc4cccc(NC(=O)Nc5cccc(F)c5)c4)ccc32)c1. The van der Waals surface area contributed by atoms with Gasteiger partial charge in [-0.15, -0.1) is 0 Å². The number of amides is 4. The molecule has 4 aromatic rings. The average molecular weight is 596 g/mol. The van der Waals surface area contributed by atoms with Gasteiger partial charge in [0.1, 0.15) is 5.82 Å². The Labute approximate surface area is 254 Å². The van der Waals surface area contributed by atoms with Crippen molar-refractivity contribution < 1.29 is 18.8 Å². The van der Waals surface area contributed by atoms with Crippen LogP contribution < -0.4 is 26.6 Å². The summed E-state index contributed by atoms with van der Waals surface area (Å²) in [5, 5.41) is 14.5. The number of aromatic nitrogens is 1. The molecular formula is C33H34FN7O3. The lowest BCUT2D eigenvalue weighted by Gasteiger charge is -2.17. The molecule has 44 heavy (non-hydrogen) atoms. The number of aromatic amines is 1. The van der Waals surface area contributed by atoms with Crippen LogP contribution in [-0.4, -0.2) is 53.9 Å². The molecule has 2 heterocycles. The Hall–Kier alpha value is -5.42. The van der Waals surface area contributed by atoms with E-state index >= 15 is 0 Å².